The molecule has 82 valence electrons. The van der Waals surface area contributed by atoms with Gasteiger partial charge in [0.25, 0.3) is 0 Å². The van der Waals surface area contributed by atoms with Crippen LogP contribution in [0.3, 0.4) is 0 Å². The van der Waals surface area contributed by atoms with Crippen molar-refractivity contribution in [3.05, 3.63) is 0 Å². The molecule has 0 aromatic carbocycles. The van der Waals surface area contributed by atoms with Crippen LogP contribution in [0.15, 0.2) is 0 Å². The average molecular weight is 200 g/mol. The van der Waals surface area contributed by atoms with E-state index in [-0.39, 0.29) is 24.4 Å². The van der Waals surface area contributed by atoms with Gasteiger partial charge in [0.05, 0.1) is 12.7 Å². The number of Topliss-reactive ketones (excluding diaryl/α,β-unsaturated/α-hetero) is 1. The summed E-state index contributed by atoms with van der Waals surface area (Å²) < 4.78 is 10.3. The third-order valence-corrected chi connectivity index (χ3v) is 2.72. The normalized spacial score (nSPS) is 19.9. The number of methoxy groups -OCH3 is 1. The van der Waals surface area contributed by atoms with Gasteiger partial charge in [-0.1, -0.05) is 12.8 Å². The summed E-state index contributed by atoms with van der Waals surface area (Å²) in [5.74, 6) is 0.537. The number of hydrogen-bond acceptors (Lipinski definition) is 3. The predicted molar refractivity (Wildman–Crippen MR) is 54.3 cm³/mol. The fourth-order valence-electron chi connectivity index (χ4n) is 1.87. The van der Waals surface area contributed by atoms with Crippen LogP contribution in [-0.4, -0.2) is 32.2 Å². The zero-order valence-electron chi connectivity index (χ0n) is 9.12. The minimum atomic E-state index is 0.0188. The van der Waals surface area contributed by atoms with Crippen LogP contribution in [0.2, 0.25) is 0 Å². The van der Waals surface area contributed by atoms with Gasteiger partial charge in [0.2, 0.25) is 0 Å². The Labute approximate surface area is 85.8 Å². The molecule has 1 saturated carbocycles. The number of rotatable bonds is 6. The molecular weight excluding hydrogens is 180 g/mol. The number of carbonyl (C=O) groups is 1. The Balaban J connectivity index is 2.13. The van der Waals surface area contributed by atoms with Crippen LogP contribution in [0.5, 0.6) is 0 Å². The van der Waals surface area contributed by atoms with Crippen LogP contribution in [0, 0.1) is 5.92 Å². The minimum Gasteiger partial charge on any atom is -0.382 e. The standard InChI is InChI=1S/C11H20O3/c1-9(7-13-2)14-8-11(12)10-5-3-4-6-10/h9-10H,3-8H2,1-2H3. The van der Waals surface area contributed by atoms with Crippen molar-refractivity contribution in [1.29, 1.82) is 0 Å². The van der Waals surface area contributed by atoms with Crippen LogP contribution < -0.4 is 0 Å². The Morgan fingerprint density at radius 1 is 1.43 bits per heavy atom. The maximum Gasteiger partial charge on any atom is 0.161 e. The molecule has 0 N–H and O–H groups in total. The van der Waals surface area contributed by atoms with E-state index in [0.717, 1.165) is 12.8 Å². The van der Waals surface area contributed by atoms with E-state index in [2.05, 4.69) is 0 Å². The van der Waals surface area contributed by atoms with E-state index in [4.69, 9.17) is 9.47 Å². The maximum absolute atomic E-state index is 11.6. The fraction of sp³-hybridized carbons (Fsp3) is 0.909. The van der Waals surface area contributed by atoms with Crippen molar-refractivity contribution < 1.29 is 14.3 Å². The molecule has 14 heavy (non-hydrogen) atoms. The minimum absolute atomic E-state index is 0.0188. The summed E-state index contributed by atoms with van der Waals surface area (Å²) in [5.41, 5.74) is 0. The number of hydrogen-bond donors (Lipinski definition) is 0. The number of carbonyl (C=O) groups excluding carboxylic acids is 1. The highest BCUT2D eigenvalue weighted by molar-refractivity contribution is 5.82. The lowest BCUT2D eigenvalue weighted by atomic mass is 10.0. The Morgan fingerprint density at radius 2 is 2.07 bits per heavy atom. The molecule has 1 aliphatic carbocycles. The van der Waals surface area contributed by atoms with Crippen molar-refractivity contribution in [3.8, 4) is 0 Å². The molecule has 1 unspecified atom stereocenters. The van der Waals surface area contributed by atoms with E-state index < -0.39 is 0 Å². The van der Waals surface area contributed by atoms with Gasteiger partial charge >= 0.3 is 0 Å². The molecule has 0 aromatic rings. The van der Waals surface area contributed by atoms with E-state index in [0.29, 0.717) is 6.61 Å². The second-order valence-electron chi connectivity index (χ2n) is 4.02. The summed E-state index contributed by atoms with van der Waals surface area (Å²) >= 11 is 0. The molecule has 0 aliphatic heterocycles. The number of ether oxygens (including phenoxy) is 2. The molecule has 0 aromatic heterocycles. The molecule has 0 saturated heterocycles. The second kappa shape index (κ2) is 6.14. The molecule has 0 bridgehead atoms. The summed E-state index contributed by atoms with van der Waals surface area (Å²) in [6.45, 7) is 2.73. The second-order valence-corrected chi connectivity index (χ2v) is 4.02. The van der Waals surface area contributed by atoms with Gasteiger partial charge in [-0.2, -0.15) is 0 Å². The van der Waals surface area contributed by atoms with E-state index in [1.165, 1.54) is 12.8 Å². The van der Waals surface area contributed by atoms with Crippen molar-refractivity contribution in [3.63, 3.8) is 0 Å². The van der Waals surface area contributed by atoms with Crippen molar-refractivity contribution >= 4 is 5.78 Å². The van der Waals surface area contributed by atoms with Crippen LogP contribution in [-0.2, 0) is 14.3 Å². The van der Waals surface area contributed by atoms with Crippen LogP contribution >= 0.6 is 0 Å². The molecule has 1 rings (SSSR count). The molecule has 0 amide bonds. The lowest BCUT2D eigenvalue weighted by Crippen LogP contribution is -2.23. The molecule has 1 aliphatic rings. The quantitative estimate of drug-likeness (QED) is 0.656. The smallest absolute Gasteiger partial charge is 0.161 e. The van der Waals surface area contributed by atoms with Gasteiger partial charge in [-0.25, -0.2) is 0 Å². The SMILES string of the molecule is COCC(C)OCC(=O)C1CCCC1. The highest BCUT2D eigenvalue weighted by Gasteiger charge is 2.22. The maximum atomic E-state index is 11.6. The summed E-state index contributed by atoms with van der Waals surface area (Å²) in [4.78, 5) is 11.6. The lowest BCUT2D eigenvalue weighted by molar-refractivity contribution is -0.130. The Hall–Kier alpha value is -0.410. The Bertz CT molecular complexity index is 173. The van der Waals surface area contributed by atoms with Crippen molar-refractivity contribution in [2.75, 3.05) is 20.3 Å². The summed E-state index contributed by atoms with van der Waals surface area (Å²) in [6.07, 6.45) is 4.53. The fourth-order valence-corrected chi connectivity index (χ4v) is 1.87. The van der Waals surface area contributed by atoms with Crippen LogP contribution in [0.4, 0.5) is 0 Å². The van der Waals surface area contributed by atoms with Gasteiger partial charge in [0, 0.05) is 13.0 Å². The molecule has 0 spiro atoms. The molecule has 1 atom stereocenters. The lowest BCUT2D eigenvalue weighted by Gasteiger charge is -2.13. The van der Waals surface area contributed by atoms with E-state index in [1.807, 2.05) is 6.92 Å². The highest BCUT2D eigenvalue weighted by atomic mass is 16.5. The topological polar surface area (TPSA) is 35.5 Å². The first kappa shape index (κ1) is 11.7. The van der Waals surface area contributed by atoms with E-state index in [9.17, 15) is 4.79 Å². The monoisotopic (exact) mass is 200 g/mol. The Kier molecular flexibility index (Phi) is 5.12. The van der Waals surface area contributed by atoms with E-state index in [1.54, 1.807) is 7.11 Å². The van der Waals surface area contributed by atoms with Crippen LogP contribution in [0.25, 0.3) is 0 Å². The first-order valence-corrected chi connectivity index (χ1v) is 5.37. The first-order chi connectivity index (χ1) is 6.74. The van der Waals surface area contributed by atoms with Gasteiger partial charge in [0.15, 0.2) is 5.78 Å². The van der Waals surface area contributed by atoms with Gasteiger partial charge in [-0.05, 0) is 19.8 Å². The third-order valence-electron chi connectivity index (χ3n) is 2.72. The third kappa shape index (κ3) is 3.76. The van der Waals surface area contributed by atoms with Crippen molar-refractivity contribution in [2.45, 2.75) is 38.7 Å². The van der Waals surface area contributed by atoms with E-state index >= 15 is 0 Å². The predicted octanol–water partition coefficient (Wildman–Crippen LogP) is 1.80. The average Bonchev–Trinajstić information content (AvgIpc) is 2.67. The van der Waals surface area contributed by atoms with Crippen molar-refractivity contribution in [1.82, 2.24) is 0 Å². The van der Waals surface area contributed by atoms with Gasteiger partial charge in [-0.15, -0.1) is 0 Å². The molecular formula is C11H20O3. The summed E-state index contributed by atoms with van der Waals surface area (Å²) in [5, 5.41) is 0. The number of ketones is 1. The Morgan fingerprint density at radius 3 is 2.64 bits per heavy atom. The van der Waals surface area contributed by atoms with Crippen LogP contribution in [0.1, 0.15) is 32.6 Å². The first-order valence-electron chi connectivity index (χ1n) is 5.37. The summed E-state index contributed by atoms with van der Waals surface area (Å²) in [7, 11) is 1.64. The molecule has 3 heteroatoms. The van der Waals surface area contributed by atoms with Gasteiger partial charge in [-0.3, -0.25) is 4.79 Å². The zero-order chi connectivity index (χ0) is 10.4. The zero-order valence-corrected chi connectivity index (χ0v) is 9.12. The van der Waals surface area contributed by atoms with Gasteiger partial charge in [0.1, 0.15) is 6.61 Å². The molecule has 0 heterocycles. The molecule has 1 fully saturated rings. The highest BCUT2D eigenvalue weighted by Crippen LogP contribution is 2.25. The largest absolute Gasteiger partial charge is 0.382 e. The molecule has 0 radical (unpaired) electrons. The van der Waals surface area contributed by atoms with Gasteiger partial charge < -0.3 is 9.47 Å². The van der Waals surface area contributed by atoms with Crippen molar-refractivity contribution in [2.24, 2.45) is 5.92 Å². The molecule has 3 nitrogen and oxygen atoms in total. The summed E-state index contributed by atoms with van der Waals surface area (Å²) in [6, 6.07) is 0.